The number of hydrogen-bond acceptors (Lipinski definition) is 6. The lowest BCUT2D eigenvalue weighted by atomic mass is 10.0. The number of nitrogens with zero attached hydrogens (tertiary/aromatic N) is 1. The lowest BCUT2D eigenvalue weighted by Crippen LogP contribution is -2.45. The van der Waals surface area contributed by atoms with Gasteiger partial charge in [0.2, 0.25) is 5.91 Å². The lowest BCUT2D eigenvalue weighted by molar-refractivity contribution is -0.870. The van der Waals surface area contributed by atoms with Gasteiger partial charge in [-0.25, -0.2) is 0 Å². The summed E-state index contributed by atoms with van der Waals surface area (Å²) >= 11 is 0. The standard InChI is InChI=1S/C63H105N2O6P/c1-6-8-10-12-14-16-17-18-19-20-21-22-23-24-25-26-27-28-29-30-31-32-33-34-35-36-37-38-39-40-41-42-43-44-45-46-47-49-51-53-55-57-63(67)64-61(60-71-72(68,69)70-59-58-65(3,4)5)62(66)56-54-52-50-48-15-13-11-9-7-2/h7-10,14-16,18-19,21-22,24-25,27-28,30-31,33-34,36-37,48,54,56,61-62,66H,6,11-13,17,20,23,26,29,32,35,38-47,49-53,55,57-60H2,1-5H3,(H-,64,67,68,69)/b9-7+,10-8-,16-14-,19-18-,22-21-,25-24-,28-27-,31-30-,34-33-,37-36-,48-15+,56-54+. The highest BCUT2D eigenvalue weighted by Crippen LogP contribution is 2.38. The molecular formula is C63H105N2O6P. The molecule has 0 bridgehead atoms. The van der Waals surface area contributed by atoms with E-state index in [1.807, 2.05) is 40.2 Å². The first-order valence-corrected chi connectivity index (χ1v) is 29.6. The van der Waals surface area contributed by atoms with Crippen LogP contribution in [0.25, 0.3) is 0 Å². The number of phosphoric acid groups is 1. The molecule has 0 aliphatic rings. The molecule has 1 amide bonds. The van der Waals surface area contributed by atoms with Gasteiger partial charge in [0, 0.05) is 6.42 Å². The summed E-state index contributed by atoms with van der Waals surface area (Å²) in [5.41, 5.74) is 0. The largest absolute Gasteiger partial charge is 0.756 e. The smallest absolute Gasteiger partial charge is 0.268 e. The van der Waals surface area contributed by atoms with Crippen LogP contribution in [0, 0.1) is 0 Å². The number of amides is 1. The van der Waals surface area contributed by atoms with Crippen molar-refractivity contribution in [2.45, 2.75) is 206 Å². The Balaban J connectivity index is 3.98. The van der Waals surface area contributed by atoms with Gasteiger partial charge in [-0.05, 0) is 110 Å². The van der Waals surface area contributed by atoms with Gasteiger partial charge in [-0.1, -0.05) is 223 Å². The summed E-state index contributed by atoms with van der Waals surface area (Å²) in [4.78, 5) is 25.3. The highest BCUT2D eigenvalue weighted by atomic mass is 31.2. The Kier molecular flexibility index (Phi) is 49.6. The third-order valence-corrected chi connectivity index (χ3v) is 12.6. The molecule has 0 rings (SSSR count). The van der Waals surface area contributed by atoms with Crippen molar-refractivity contribution in [1.82, 2.24) is 5.32 Å². The molecule has 0 aromatic carbocycles. The number of aliphatic hydroxyl groups excluding tert-OH is 1. The molecule has 8 nitrogen and oxygen atoms in total. The molecule has 0 saturated heterocycles. The van der Waals surface area contributed by atoms with Gasteiger partial charge < -0.3 is 28.8 Å². The van der Waals surface area contributed by atoms with E-state index in [1.165, 1.54) is 70.6 Å². The molecule has 0 aromatic heterocycles. The number of unbranched alkanes of at least 4 members (excludes halogenated alkanes) is 15. The minimum absolute atomic E-state index is 0.0159. The average Bonchev–Trinajstić information content (AvgIpc) is 3.34. The summed E-state index contributed by atoms with van der Waals surface area (Å²) < 4.78 is 23.2. The molecule has 9 heteroatoms. The first-order chi connectivity index (χ1) is 35.0. The first-order valence-electron chi connectivity index (χ1n) is 28.2. The fourth-order valence-electron chi connectivity index (χ4n) is 7.24. The van der Waals surface area contributed by atoms with Crippen LogP contribution in [-0.4, -0.2) is 68.5 Å². The lowest BCUT2D eigenvalue weighted by Gasteiger charge is -2.29. The van der Waals surface area contributed by atoms with E-state index in [0.717, 1.165) is 103 Å². The van der Waals surface area contributed by atoms with Crippen LogP contribution in [0.4, 0.5) is 0 Å². The van der Waals surface area contributed by atoms with Crippen LogP contribution in [0.2, 0.25) is 0 Å². The molecule has 0 heterocycles. The van der Waals surface area contributed by atoms with E-state index < -0.39 is 26.6 Å². The number of carbonyl (C=O) groups excluding carboxylic acids is 1. The first kappa shape index (κ1) is 68.4. The monoisotopic (exact) mass is 1020 g/mol. The van der Waals surface area contributed by atoms with Crippen molar-refractivity contribution >= 4 is 13.7 Å². The molecule has 0 saturated carbocycles. The van der Waals surface area contributed by atoms with Gasteiger partial charge in [0.05, 0.1) is 39.9 Å². The number of hydrogen-bond donors (Lipinski definition) is 2. The Morgan fingerprint density at radius 3 is 1.29 bits per heavy atom. The quantitative estimate of drug-likeness (QED) is 0.0272. The molecule has 0 aliphatic carbocycles. The second kappa shape index (κ2) is 52.3. The van der Waals surface area contributed by atoms with Gasteiger partial charge in [-0.15, -0.1) is 0 Å². The number of carbonyl (C=O) groups is 1. The maximum Gasteiger partial charge on any atom is 0.268 e. The second-order valence-corrected chi connectivity index (χ2v) is 21.0. The maximum atomic E-state index is 12.9. The minimum atomic E-state index is -4.61. The molecule has 0 aliphatic heterocycles. The Morgan fingerprint density at radius 1 is 0.514 bits per heavy atom. The predicted octanol–water partition coefficient (Wildman–Crippen LogP) is 16.7. The minimum Gasteiger partial charge on any atom is -0.756 e. The highest BCUT2D eigenvalue weighted by molar-refractivity contribution is 7.45. The van der Waals surface area contributed by atoms with Crippen molar-refractivity contribution in [1.29, 1.82) is 0 Å². The number of nitrogens with one attached hydrogen (secondary N) is 1. The van der Waals surface area contributed by atoms with E-state index in [9.17, 15) is 19.4 Å². The van der Waals surface area contributed by atoms with Crippen molar-refractivity contribution in [3.05, 3.63) is 146 Å². The summed E-state index contributed by atoms with van der Waals surface area (Å²) in [5.74, 6) is -0.223. The van der Waals surface area contributed by atoms with Crippen molar-refractivity contribution in [3.8, 4) is 0 Å². The Hall–Kier alpha value is -3.62. The zero-order valence-electron chi connectivity index (χ0n) is 46.3. The van der Waals surface area contributed by atoms with Gasteiger partial charge >= 0.3 is 0 Å². The molecule has 3 unspecified atom stereocenters. The Morgan fingerprint density at radius 2 is 0.875 bits per heavy atom. The molecule has 72 heavy (non-hydrogen) atoms. The number of allylic oxidation sites excluding steroid dienone is 23. The van der Waals surface area contributed by atoms with Crippen LogP contribution in [0.5, 0.6) is 0 Å². The summed E-state index contributed by atoms with van der Waals surface area (Å²) in [6.45, 7) is 4.24. The number of rotatable bonds is 49. The molecular weight excluding hydrogens is 912 g/mol. The van der Waals surface area contributed by atoms with Crippen LogP contribution < -0.4 is 10.2 Å². The summed E-state index contributed by atoms with van der Waals surface area (Å²) in [7, 11) is 1.21. The van der Waals surface area contributed by atoms with Crippen LogP contribution in [0.3, 0.4) is 0 Å². The fourth-order valence-corrected chi connectivity index (χ4v) is 7.96. The number of likely N-dealkylation sites (N-methyl/N-ethyl adjacent to an activating group) is 1. The third kappa shape index (κ3) is 54.2. The van der Waals surface area contributed by atoms with E-state index in [4.69, 9.17) is 9.05 Å². The summed E-state index contributed by atoms with van der Waals surface area (Å²) in [5, 5.41) is 13.7. The number of quaternary nitrogens is 1. The molecule has 0 aromatic rings. The van der Waals surface area contributed by atoms with Crippen LogP contribution >= 0.6 is 7.82 Å². The molecule has 408 valence electrons. The van der Waals surface area contributed by atoms with Crippen molar-refractivity contribution in [3.63, 3.8) is 0 Å². The van der Waals surface area contributed by atoms with Gasteiger partial charge in [-0.3, -0.25) is 9.36 Å². The van der Waals surface area contributed by atoms with Gasteiger partial charge in [0.25, 0.3) is 7.82 Å². The average molecular weight is 1020 g/mol. The SMILES string of the molecule is C/C=C/CC/C=C/CC/C=C/C(O)C(COP(=O)([O-])OCC[N+](C)(C)C)NC(=O)CCCCCCCCCCCCCCC/C=C\C/C=C\C/C=C\C/C=C\C/C=C\C/C=C\C/C=C\C/C=C\C/C=C\CC. The maximum absolute atomic E-state index is 12.9. The van der Waals surface area contributed by atoms with Gasteiger partial charge in [0.15, 0.2) is 0 Å². The zero-order chi connectivity index (χ0) is 52.7. The molecule has 0 spiro atoms. The molecule has 0 radical (unpaired) electrons. The van der Waals surface area contributed by atoms with Crippen molar-refractivity contribution in [2.24, 2.45) is 0 Å². The van der Waals surface area contributed by atoms with E-state index in [1.54, 1.807) is 6.08 Å². The Bertz CT molecular complexity index is 1670. The van der Waals surface area contributed by atoms with Crippen LogP contribution in [0.15, 0.2) is 146 Å². The summed E-state index contributed by atoms with van der Waals surface area (Å²) in [6.07, 6.45) is 81.1. The van der Waals surface area contributed by atoms with Crippen molar-refractivity contribution < 1.29 is 32.9 Å². The molecule has 0 fully saturated rings. The fraction of sp³-hybridized carbons (Fsp3) is 0.603. The van der Waals surface area contributed by atoms with Gasteiger partial charge in [-0.2, -0.15) is 0 Å². The topological polar surface area (TPSA) is 108 Å². The van der Waals surface area contributed by atoms with E-state index >= 15 is 0 Å². The Labute approximate surface area is 442 Å². The summed E-state index contributed by atoms with van der Waals surface area (Å²) in [6, 6.07) is -0.917. The highest BCUT2D eigenvalue weighted by Gasteiger charge is 2.23. The van der Waals surface area contributed by atoms with E-state index in [-0.39, 0.29) is 12.5 Å². The molecule has 3 atom stereocenters. The van der Waals surface area contributed by atoms with Gasteiger partial charge in [0.1, 0.15) is 13.2 Å². The van der Waals surface area contributed by atoms with Crippen LogP contribution in [0.1, 0.15) is 194 Å². The van der Waals surface area contributed by atoms with E-state index in [2.05, 4.69) is 140 Å². The molecule has 2 N–H and O–H groups in total. The third-order valence-electron chi connectivity index (χ3n) is 11.6. The zero-order valence-corrected chi connectivity index (χ0v) is 47.2. The van der Waals surface area contributed by atoms with E-state index in [0.29, 0.717) is 17.4 Å². The van der Waals surface area contributed by atoms with Crippen molar-refractivity contribution in [2.75, 3.05) is 40.9 Å². The second-order valence-electron chi connectivity index (χ2n) is 19.5. The number of phosphoric ester groups is 1. The predicted molar refractivity (Wildman–Crippen MR) is 311 cm³/mol. The normalized spacial score (nSPS) is 15.0. The number of aliphatic hydroxyl groups is 1. The van der Waals surface area contributed by atoms with Crippen LogP contribution in [-0.2, 0) is 18.4 Å².